The second kappa shape index (κ2) is 7.24. The molecule has 0 radical (unpaired) electrons. The van der Waals surface area contributed by atoms with Gasteiger partial charge in [-0.15, -0.1) is 0 Å². The molecule has 3 heterocycles. The summed E-state index contributed by atoms with van der Waals surface area (Å²) in [4.78, 5) is 9.22. The van der Waals surface area contributed by atoms with Crippen LogP contribution in [0.5, 0.6) is 0 Å². The van der Waals surface area contributed by atoms with Gasteiger partial charge in [-0.05, 0) is 37.5 Å². The van der Waals surface area contributed by atoms with Crippen molar-refractivity contribution < 1.29 is 9.47 Å². The van der Waals surface area contributed by atoms with Gasteiger partial charge in [0.1, 0.15) is 5.82 Å². The highest BCUT2D eigenvalue weighted by Gasteiger charge is 2.30. The van der Waals surface area contributed by atoms with Crippen molar-refractivity contribution in [3.8, 4) is 0 Å². The maximum Gasteiger partial charge on any atom is 0.142 e. The van der Waals surface area contributed by atoms with E-state index in [4.69, 9.17) is 14.5 Å². The fourth-order valence-corrected chi connectivity index (χ4v) is 4.26. The average molecular weight is 317 g/mol. The number of rotatable bonds is 4. The van der Waals surface area contributed by atoms with E-state index in [0.717, 1.165) is 56.0 Å². The lowest BCUT2D eigenvalue weighted by Crippen LogP contribution is -2.36. The maximum absolute atomic E-state index is 5.58. The number of hydrogen-bond acceptors (Lipinski definition) is 5. The average Bonchev–Trinajstić information content (AvgIpc) is 3.15. The normalized spacial score (nSPS) is 31.0. The Morgan fingerprint density at radius 1 is 1.13 bits per heavy atom. The molecule has 23 heavy (non-hydrogen) atoms. The van der Waals surface area contributed by atoms with Crippen molar-refractivity contribution in [2.24, 2.45) is 11.8 Å². The molecule has 0 amide bonds. The van der Waals surface area contributed by atoms with Crippen LogP contribution in [0.4, 0.5) is 0 Å². The Balaban J connectivity index is 1.31. The third-order valence-corrected chi connectivity index (χ3v) is 5.64. The van der Waals surface area contributed by atoms with Gasteiger partial charge in [0, 0.05) is 37.4 Å². The van der Waals surface area contributed by atoms with Crippen molar-refractivity contribution in [3.05, 3.63) is 23.3 Å². The molecule has 0 spiro atoms. The van der Waals surface area contributed by atoms with Gasteiger partial charge in [0.2, 0.25) is 0 Å². The lowest BCUT2D eigenvalue weighted by atomic mass is 9.77. The maximum atomic E-state index is 5.58. The zero-order valence-corrected chi connectivity index (χ0v) is 13.8. The van der Waals surface area contributed by atoms with Crippen LogP contribution in [-0.2, 0) is 29.0 Å². The molecule has 2 fully saturated rings. The highest BCUT2D eigenvalue weighted by atomic mass is 16.5. The predicted octanol–water partition coefficient (Wildman–Crippen LogP) is 2.23. The monoisotopic (exact) mass is 317 g/mol. The van der Waals surface area contributed by atoms with E-state index in [-0.39, 0.29) is 0 Å². The van der Waals surface area contributed by atoms with Crippen molar-refractivity contribution in [2.45, 2.75) is 57.7 Å². The quantitative estimate of drug-likeness (QED) is 0.923. The number of ether oxygens (including phenoxy) is 2. The largest absolute Gasteiger partial charge is 0.381 e. The standard InChI is InChI=1S/C18H27N3O2/c1-2-13(14-4-6-22-11-14)8-16(3-1)19-10-18-20-9-15-12-23-7-5-17(15)21-18/h9,13-14,16,19H,1-8,10-12H2. The van der Waals surface area contributed by atoms with Crippen LogP contribution in [0.25, 0.3) is 0 Å². The summed E-state index contributed by atoms with van der Waals surface area (Å²) in [6.45, 7) is 4.17. The van der Waals surface area contributed by atoms with Crippen LogP contribution >= 0.6 is 0 Å². The summed E-state index contributed by atoms with van der Waals surface area (Å²) in [5, 5.41) is 3.70. The molecule has 1 saturated heterocycles. The Bertz CT molecular complexity index is 531. The lowest BCUT2D eigenvalue weighted by molar-refractivity contribution is 0.108. The summed E-state index contributed by atoms with van der Waals surface area (Å²) in [6, 6.07) is 0.609. The van der Waals surface area contributed by atoms with Gasteiger partial charge in [-0.3, -0.25) is 0 Å². The molecule has 4 rings (SSSR count). The van der Waals surface area contributed by atoms with Crippen molar-refractivity contribution >= 4 is 0 Å². The van der Waals surface area contributed by atoms with E-state index in [1.807, 2.05) is 6.20 Å². The van der Waals surface area contributed by atoms with Gasteiger partial charge < -0.3 is 14.8 Å². The molecule has 1 saturated carbocycles. The molecule has 126 valence electrons. The second-order valence-corrected chi connectivity index (χ2v) is 7.19. The highest BCUT2D eigenvalue weighted by molar-refractivity contribution is 5.18. The zero-order valence-electron chi connectivity index (χ0n) is 13.8. The first-order chi connectivity index (χ1) is 11.4. The molecule has 3 aliphatic rings. The fraction of sp³-hybridized carbons (Fsp3) is 0.778. The highest BCUT2D eigenvalue weighted by Crippen LogP contribution is 2.34. The van der Waals surface area contributed by atoms with Crippen LogP contribution in [0.3, 0.4) is 0 Å². The lowest BCUT2D eigenvalue weighted by Gasteiger charge is -2.32. The first-order valence-electron chi connectivity index (χ1n) is 9.11. The van der Waals surface area contributed by atoms with Crippen LogP contribution < -0.4 is 5.32 Å². The smallest absolute Gasteiger partial charge is 0.142 e. The summed E-state index contributed by atoms with van der Waals surface area (Å²) in [7, 11) is 0. The van der Waals surface area contributed by atoms with Gasteiger partial charge in [0.25, 0.3) is 0 Å². The van der Waals surface area contributed by atoms with Gasteiger partial charge in [-0.2, -0.15) is 0 Å². The van der Waals surface area contributed by atoms with Crippen molar-refractivity contribution in [1.82, 2.24) is 15.3 Å². The summed E-state index contributed by atoms with van der Waals surface area (Å²) in [6.07, 6.45) is 9.39. The Morgan fingerprint density at radius 2 is 2.13 bits per heavy atom. The molecular weight excluding hydrogens is 290 g/mol. The predicted molar refractivity (Wildman–Crippen MR) is 86.9 cm³/mol. The molecule has 3 unspecified atom stereocenters. The number of fused-ring (bicyclic) bond motifs is 1. The molecule has 0 aromatic carbocycles. The van der Waals surface area contributed by atoms with Crippen LogP contribution in [0.2, 0.25) is 0 Å². The summed E-state index contributed by atoms with van der Waals surface area (Å²) in [5.41, 5.74) is 2.33. The van der Waals surface area contributed by atoms with Crippen LogP contribution in [0.1, 0.15) is 49.2 Å². The Kier molecular flexibility index (Phi) is 4.88. The SMILES string of the molecule is c1nc(CNC2CCCC(C3CCOC3)C2)nc2c1COCC2. The molecule has 1 aromatic heterocycles. The second-order valence-electron chi connectivity index (χ2n) is 7.19. The molecule has 5 heteroatoms. The van der Waals surface area contributed by atoms with E-state index < -0.39 is 0 Å². The van der Waals surface area contributed by atoms with Crippen LogP contribution in [-0.4, -0.2) is 35.8 Å². The Hall–Kier alpha value is -1.04. The first kappa shape index (κ1) is 15.5. The van der Waals surface area contributed by atoms with Crippen LogP contribution in [0, 0.1) is 11.8 Å². The first-order valence-corrected chi connectivity index (χ1v) is 9.11. The van der Waals surface area contributed by atoms with E-state index in [1.54, 1.807) is 0 Å². The number of nitrogens with zero attached hydrogens (tertiary/aromatic N) is 2. The third kappa shape index (κ3) is 3.73. The van der Waals surface area contributed by atoms with E-state index in [0.29, 0.717) is 12.6 Å². The molecule has 1 aromatic rings. The van der Waals surface area contributed by atoms with Gasteiger partial charge >= 0.3 is 0 Å². The minimum absolute atomic E-state index is 0.609. The Morgan fingerprint density at radius 3 is 3.04 bits per heavy atom. The molecule has 1 aliphatic carbocycles. The number of nitrogens with one attached hydrogen (secondary N) is 1. The van der Waals surface area contributed by atoms with Gasteiger partial charge in [-0.25, -0.2) is 9.97 Å². The number of aromatic nitrogens is 2. The zero-order chi connectivity index (χ0) is 15.5. The van der Waals surface area contributed by atoms with E-state index in [9.17, 15) is 0 Å². The molecular formula is C18H27N3O2. The minimum atomic E-state index is 0.609. The molecule has 1 N–H and O–H groups in total. The fourth-order valence-electron chi connectivity index (χ4n) is 4.26. The van der Waals surface area contributed by atoms with Crippen LogP contribution in [0.15, 0.2) is 6.20 Å². The molecule has 0 bridgehead atoms. The van der Waals surface area contributed by atoms with Gasteiger partial charge in [-0.1, -0.05) is 6.42 Å². The summed E-state index contributed by atoms with van der Waals surface area (Å²) >= 11 is 0. The molecule has 5 nitrogen and oxygen atoms in total. The van der Waals surface area contributed by atoms with E-state index >= 15 is 0 Å². The summed E-state index contributed by atoms with van der Waals surface area (Å²) < 4.78 is 11.0. The van der Waals surface area contributed by atoms with Crippen molar-refractivity contribution in [3.63, 3.8) is 0 Å². The van der Waals surface area contributed by atoms with E-state index in [1.165, 1.54) is 37.8 Å². The molecule has 3 atom stereocenters. The van der Waals surface area contributed by atoms with Gasteiger partial charge in [0.15, 0.2) is 0 Å². The van der Waals surface area contributed by atoms with Crippen molar-refractivity contribution in [1.29, 1.82) is 0 Å². The minimum Gasteiger partial charge on any atom is -0.381 e. The number of hydrogen-bond donors (Lipinski definition) is 1. The Labute approximate surface area is 138 Å². The topological polar surface area (TPSA) is 56.3 Å². The van der Waals surface area contributed by atoms with Gasteiger partial charge in [0.05, 0.1) is 25.5 Å². The molecule has 2 aliphatic heterocycles. The summed E-state index contributed by atoms with van der Waals surface area (Å²) in [5.74, 6) is 2.56. The van der Waals surface area contributed by atoms with E-state index in [2.05, 4.69) is 10.3 Å². The van der Waals surface area contributed by atoms with Crippen molar-refractivity contribution in [2.75, 3.05) is 19.8 Å². The third-order valence-electron chi connectivity index (χ3n) is 5.64.